The highest BCUT2D eigenvalue weighted by molar-refractivity contribution is 6.37. The predicted molar refractivity (Wildman–Crippen MR) is 96.9 cm³/mol. The van der Waals surface area contributed by atoms with Crippen LogP contribution in [-0.4, -0.2) is 38.2 Å². The fourth-order valence-electron chi connectivity index (χ4n) is 2.23. The SMILES string of the molecule is Cc1nn(CC(=O)OCC(=O)Nc2ncc(Cl)c(C)c2Cl)c(C)c1[N+](=O)[O-]. The average molecular weight is 416 g/mol. The van der Waals surface area contributed by atoms with Gasteiger partial charge in [-0.1, -0.05) is 23.2 Å². The molecule has 10 nitrogen and oxygen atoms in total. The van der Waals surface area contributed by atoms with E-state index in [0.29, 0.717) is 10.6 Å². The van der Waals surface area contributed by atoms with Crippen LogP contribution in [0.25, 0.3) is 0 Å². The molecule has 0 unspecified atom stereocenters. The van der Waals surface area contributed by atoms with E-state index in [1.807, 2.05) is 0 Å². The van der Waals surface area contributed by atoms with Crippen molar-refractivity contribution < 1.29 is 19.2 Å². The maximum Gasteiger partial charge on any atom is 0.328 e. The van der Waals surface area contributed by atoms with Gasteiger partial charge in [0, 0.05) is 6.20 Å². The topological polar surface area (TPSA) is 129 Å². The van der Waals surface area contributed by atoms with E-state index in [1.165, 1.54) is 20.0 Å². The molecule has 12 heteroatoms. The van der Waals surface area contributed by atoms with Crippen molar-refractivity contribution in [3.05, 3.63) is 43.3 Å². The number of hydrogen-bond donors (Lipinski definition) is 1. The van der Waals surface area contributed by atoms with Crippen LogP contribution in [0.4, 0.5) is 11.5 Å². The first-order chi connectivity index (χ1) is 12.6. The molecule has 2 heterocycles. The molecule has 0 aliphatic heterocycles. The van der Waals surface area contributed by atoms with Gasteiger partial charge in [-0.25, -0.2) is 4.98 Å². The lowest BCUT2D eigenvalue weighted by Crippen LogP contribution is -2.24. The standard InChI is InChI=1S/C15H15Cl2N5O5/c1-7-10(16)4-18-15(13(7)17)19-11(23)6-27-12(24)5-21-9(3)14(22(25)26)8(2)20-21/h4H,5-6H2,1-3H3,(H,18,19,23). The highest BCUT2D eigenvalue weighted by Crippen LogP contribution is 2.28. The van der Waals surface area contributed by atoms with Gasteiger partial charge >= 0.3 is 11.7 Å². The van der Waals surface area contributed by atoms with Gasteiger partial charge in [-0.2, -0.15) is 5.10 Å². The molecule has 27 heavy (non-hydrogen) atoms. The Balaban J connectivity index is 1.94. The van der Waals surface area contributed by atoms with Crippen molar-refractivity contribution in [2.75, 3.05) is 11.9 Å². The average Bonchev–Trinajstić information content (AvgIpc) is 2.87. The number of anilines is 1. The zero-order valence-corrected chi connectivity index (χ0v) is 16.1. The van der Waals surface area contributed by atoms with Crippen molar-refractivity contribution in [1.29, 1.82) is 0 Å². The normalized spacial score (nSPS) is 10.6. The Bertz CT molecular complexity index is 928. The molecule has 144 valence electrons. The number of ether oxygens (including phenoxy) is 1. The second kappa shape index (κ2) is 8.31. The second-order valence-electron chi connectivity index (χ2n) is 5.54. The molecule has 0 bridgehead atoms. The molecule has 1 amide bonds. The van der Waals surface area contributed by atoms with Crippen molar-refractivity contribution >= 4 is 46.6 Å². The number of aromatic nitrogens is 3. The van der Waals surface area contributed by atoms with Crippen LogP contribution in [-0.2, 0) is 20.9 Å². The van der Waals surface area contributed by atoms with Crippen LogP contribution in [0.5, 0.6) is 0 Å². The third-order valence-corrected chi connectivity index (χ3v) is 4.47. The first-order valence-electron chi connectivity index (χ1n) is 7.56. The van der Waals surface area contributed by atoms with Crippen LogP contribution >= 0.6 is 23.2 Å². The van der Waals surface area contributed by atoms with E-state index in [2.05, 4.69) is 15.4 Å². The summed E-state index contributed by atoms with van der Waals surface area (Å²) in [5, 5.41) is 17.8. The van der Waals surface area contributed by atoms with E-state index in [0.717, 1.165) is 4.68 Å². The summed E-state index contributed by atoms with van der Waals surface area (Å²) in [7, 11) is 0. The highest BCUT2D eigenvalue weighted by atomic mass is 35.5. The summed E-state index contributed by atoms with van der Waals surface area (Å²) in [6.45, 7) is 3.64. The number of carbonyl (C=O) groups is 2. The number of nitrogens with one attached hydrogen (secondary N) is 1. The van der Waals surface area contributed by atoms with Gasteiger partial charge in [-0.05, 0) is 26.3 Å². The molecular weight excluding hydrogens is 401 g/mol. The van der Waals surface area contributed by atoms with Crippen LogP contribution in [0.2, 0.25) is 10.0 Å². The first-order valence-corrected chi connectivity index (χ1v) is 8.31. The molecule has 0 aliphatic carbocycles. The Kier molecular flexibility index (Phi) is 6.34. The molecule has 1 N–H and O–H groups in total. The smallest absolute Gasteiger partial charge is 0.328 e. The van der Waals surface area contributed by atoms with Crippen molar-refractivity contribution in [3.63, 3.8) is 0 Å². The molecule has 0 radical (unpaired) electrons. The van der Waals surface area contributed by atoms with Gasteiger partial charge in [-0.3, -0.25) is 24.4 Å². The third kappa shape index (κ3) is 4.72. The summed E-state index contributed by atoms with van der Waals surface area (Å²) in [6.07, 6.45) is 1.33. The summed E-state index contributed by atoms with van der Waals surface area (Å²) in [5.41, 5.74) is 0.777. The van der Waals surface area contributed by atoms with Crippen LogP contribution in [0, 0.1) is 30.9 Å². The van der Waals surface area contributed by atoms with Crippen molar-refractivity contribution in [3.8, 4) is 0 Å². The molecule has 0 aromatic carbocycles. The number of aryl methyl sites for hydroxylation is 1. The van der Waals surface area contributed by atoms with Gasteiger partial charge < -0.3 is 10.1 Å². The molecular formula is C15H15Cl2N5O5. The van der Waals surface area contributed by atoms with Crippen LogP contribution in [0.1, 0.15) is 17.0 Å². The molecule has 0 aliphatic rings. The monoisotopic (exact) mass is 415 g/mol. The van der Waals surface area contributed by atoms with E-state index in [9.17, 15) is 19.7 Å². The number of nitrogens with zero attached hydrogens (tertiary/aromatic N) is 4. The van der Waals surface area contributed by atoms with Crippen molar-refractivity contribution in [1.82, 2.24) is 14.8 Å². The first kappa shape index (κ1) is 20.6. The molecule has 0 saturated heterocycles. The van der Waals surface area contributed by atoms with E-state index >= 15 is 0 Å². The zero-order chi connectivity index (χ0) is 20.3. The number of pyridine rings is 1. The van der Waals surface area contributed by atoms with Gasteiger partial charge in [0.25, 0.3) is 5.91 Å². The lowest BCUT2D eigenvalue weighted by atomic mass is 10.3. The zero-order valence-electron chi connectivity index (χ0n) is 14.6. The second-order valence-corrected chi connectivity index (χ2v) is 6.32. The van der Waals surface area contributed by atoms with Crippen molar-refractivity contribution in [2.24, 2.45) is 0 Å². The van der Waals surface area contributed by atoms with Crippen LogP contribution in [0.3, 0.4) is 0 Å². The number of carbonyl (C=O) groups excluding carboxylic acids is 2. The fourth-order valence-corrected chi connectivity index (χ4v) is 2.62. The summed E-state index contributed by atoms with van der Waals surface area (Å²) < 4.78 is 6.01. The predicted octanol–water partition coefficient (Wildman–Crippen LogP) is 2.60. The molecule has 0 fully saturated rings. The molecule has 2 aromatic heterocycles. The van der Waals surface area contributed by atoms with E-state index < -0.39 is 23.4 Å². The lowest BCUT2D eigenvalue weighted by molar-refractivity contribution is -0.386. The number of halogens is 2. The number of hydrogen-bond acceptors (Lipinski definition) is 7. The number of rotatable bonds is 6. The molecule has 2 aromatic rings. The van der Waals surface area contributed by atoms with E-state index in [4.69, 9.17) is 27.9 Å². The minimum Gasteiger partial charge on any atom is -0.454 e. The summed E-state index contributed by atoms with van der Waals surface area (Å²) in [6, 6.07) is 0. The minimum atomic E-state index is -0.781. The maximum absolute atomic E-state index is 11.9. The molecule has 2 rings (SSSR count). The Morgan fingerprint density at radius 3 is 2.59 bits per heavy atom. The Hall–Kier alpha value is -2.72. The van der Waals surface area contributed by atoms with Gasteiger partial charge in [0.1, 0.15) is 17.9 Å². The van der Waals surface area contributed by atoms with Crippen LogP contribution < -0.4 is 5.32 Å². The van der Waals surface area contributed by atoms with Gasteiger partial charge in [0.05, 0.1) is 15.0 Å². The molecule has 0 atom stereocenters. The fraction of sp³-hybridized carbons (Fsp3) is 0.333. The summed E-state index contributed by atoms with van der Waals surface area (Å²) >= 11 is 11.9. The maximum atomic E-state index is 11.9. The largest absolute Gasteiger partial charge is 0.454 e. The minimum absolute atomic E-state index is 0.0915. The van der Waals surface area contributed by atoms with Gasteiger partial charge in [0.15, 0.2) is 12.4 Å². The number of esters is 1. The van der Waals surface area contributed by atoms with E-state index in [1.54, 1.807) is 6.92 Å². The van der Waals surface area contributed by atoms with Gasteiger partial charge in [0.2, 0.25) is 0 Å². The van der Waals surface area contributed by atoms with E-state index in [-0.39, 0.29) is 34.5 Å². The lowest BCUT2D eigenvalue weighted by Gasteiger charge is -2.09. The quantitative estimate of drug-likeness (QED) is 0.435. The molecule has 0 saturated carbocycles. The van der Waals surface area contributed by atoms with Crippen LogP contribution in [0.15, 0.2) is 6.20 Å². The van der Waals surface area contributed by atoms with Crippen molar-refractivity contribution in [2.45, 2.75) is 27.3 Å². The highest BCUT2D eigenvalue weighted by Gasteiger charge is 2.23. The van der Waals surface area contributed by atoms with Gasteiger partial charge in [-0.15, -0.1) is 0 Å². The molecule has 0 spiro atoms. The summed E-state index contributed by atoms with van der Waals surface area (Å²) in [5.74, 6) is -1.34. The Morgan fingerprint density at radius 2 is 2.00 bits per heavy atom. The Morgan fingerprint density at radius 1 is 1.33 bits per heavy atom. The third-order valence-electron chi connectivity index (χ3n) is 3.63. The Labute approximate surface area is 163 Å². The number of nitro groups is 1. The number of amides is 1. The summed E-state index contributed by atoms with van der Waals surface area (Å²) in [4.78, 5) is 38.1.